The van der Waals surface area contributed by atoms with Gasteiger partial charge in [-0.05, 0) is 63.1 Å². The SMILES string of the molecule is CCN(CC)c1ccc(C(F)(F)F)cc1NC(=O)c1cccc(NC(=O)C2CCCO2)c1. The molecule has 0 radical (unpaired) electrons. The Bertz CT molecular complexity index is 968. The Morgan fingerprint density at radius 3 is 2.47 bits per heavy atom. The number of halogens is 3. The van der Waals surface area contributed by atoms with Gasteiger partial charge in [-0.25, -0.2) is 0 Å². The Morgan fingerprint density at radius 1 is 1.09 bits per heavy atom. The molecule has 2 aromatic carbocycles. The molecule has 0 aliphatic carbocycles. The minimum absolute atomic E-state index is 0.0716. The summed E-state index contributed by atoms with van der Waals surface area (Å²) in [5, 5.41) is 5.33. The van der Waals surface area contributed by atoms with Gasteiger partial charge in [-0.3, -0.25) is 9.59 Å². The first-order valence-electron chi connectivity index (χ1n) is 10.5. The average Bonchev–Trinajstić information content (AvgIpc) is 3.30. The van der Waals surface area contributed by atoms with Crippen molar-refractivity contribution in [3.05, 3.63) is 53.6 Å². The fraction of sp³-hybridized carbons (Fsp3) is 0.391. The van der Waals surface area contributed by atoms with E-state index in [0.717, 1.165) is 18.6 Å². The second-order valence-corrected chi connectivity index (χ2v) is 7.43. The Morgan fingerprint density at radius 2 is 1.84 bits per heavy atom. The van der Waals surface area contributed by atoms with Crippen LogP contribution in [0.25, 0.3) is 0 Å². The van der Waals surface area contributed by atoms with Crippen LogP contribution in [0, 0.1) is 0 Å². The van der Waals surface area contributed by atoms with Gasteiger partial charge in [0.15, 0.2) is 0 Å². The topological polar surface area (TPSA) is 70.7 Å². The zero-order valence-corrected chi connectivity index (χ0v) is 18.0. The molecule has 2 N–H and O–H groups in total. The zero-order valence-electron chi connectivity index (χ0n) is 18.0. The highest BCUT2D eigenvalue weighted by Gasteiger charge is 2.31. The number of benzene rings is 2. The lowest BCUT2D eigenvalue weighted by Gasteiger charge is -2.25. The summed E-state index contributed by atoms with van der Waals surface area (Å²) in [5.74, 6) is -0.868. The Labute approximate surface area is 184 Å². The molecule has 1 aliphatic rings. The van der Waals surface area contributed by atoms with Crippen molar-refractivity contribution in [2.75, 3.05) is 35.2 Å². The summed E-state index contributed by atoms with van der Waals surface area (Å²) in [4.78, 5) is 27.0. The van der Waals surface area contributed by atoms with Crippen molar-refractivity contribution in [3.8, 4) is 0 Å². The average molecular weight is 449 g/mol. The molecule has 1 aliphatic heterocycles. The number of hydrogen-bond donors (Lipinski definition) is 2. The van der Waals surface area contributed by atoms with E-state index in [4.69, 9.17) is 4.74 Å². The Balaban J connectivity index is 1.83. The van der Waals surface area contributed by atoms with Crippen molar-refractivity contribution < 1.29 is 27.5 Å². The molecule has 0 bridgehead atoms. The first kappa shape index (κ1) is 23.6. The van der Waals surface area contributed by atoms with Crippen LogP contribution in [0.1, 0.15) is 42.6 Å². The van der Waals surface area contributed by atoms with E-state index in [9.17, 15) is 22.8 Å². The summed E-state index contributed by atoms with van der Waals surface area (Å²) in [6.45, 7) is 5.43. The fourth-order valence-electron chi connectivity index (χ4n) is 3.59. The van der Waals surface area contributed by atoms with Crippen molar-refractivity contribution >= 4 is 28.9 Å². The molecule has 2 aromatic rings. The molecule has 1 unspecified atom stereocenters. The van der Waals surface area contributed by atoms with E-state index in [1.807, 2.05) is 18.7 Å². The lowest BCUT2D eigenvalue weighted by molar-refractivity contribution is -0.137. The van der Waals surface area contributed by atoms with E-state index in [-0.39, 0.29) is 17.2 Å². The summed E-state index contributed by atoms with van der Waals surface area (Å²) in [7, 11) is 0. The van der Waals surface area contributed by atoms with Gasteiger partial charge in [0.1, 0.15) is 6.10 Å². The number of hydrogen-bond acceptors (Lipinski definition) is 4. The monoisotopic (exact) mass is 449 g/mol. The van der Waals surface area contributed by atoms with Crippen molar-refractivity contribution in [2.24, 2.45) is 0 Å². The van der Waals surface area contributed by atoms with Crippen LogP contribution in [0.2, 0.25) is 0 Å². The molecule has 9 heteroatoms. The standard InChI is InChI=1S/C23H26F3N3O3/c1-3-29(4-2)19-11-10-16(23(24,25)26)14-18(19)28-21(30)15-7-5-8-17(13-15)27-22(31)20-9-6-12-32-20/h5,7-8,10-11,13-14,20H,3-4,6,9,12H2,1-2H3,(H,27,31)(H,28,30). The van der Waals surface area contributed by atoms with Crippen LogP contribution in [-0.2, 0) is 15.7 Å². The number of amides is 2. The smallest absolute Gasteiger partial charge is 0.370 e. The first-order chi connectivity index (χ1) is 15.2. The number of alkyl halides is 3. The number of nitrogens with one attached hydrogen (secondary N) is 2. The van der Waals surface area contributed by atoms with E-state index in [1.54, 1.807) is 12.1 Å². The lowest BCUT2D eigenvalue weighted by atomic mass is 10.1. The van der Waals surface area contributed by atoms with Crippen molar-refractivity contribution in [1.82, 2.24) is 0 Å². The molecule has 6 nitrogen and oxygen atoms in total. The predicted octanol–water partition coefficient (Wildman–Crippen LogP) is 4.92. The second-order valence-electron chi connectivity index (χ2n) is 7.43. The van der Waals surface area contributed by atoms with Gasteiger partial charge < -0.3 is 20.3 Å². The van der Waals surface area contributed by atoms with Crippen LogP contribution in [0.3, 0.4) is 0 Å². The molecular formula is C23H26F3N3O3. The molecule has 0 saturated carbocycles. The summed E-state index contributed by atoms with van der Waals surface area (Å²) in [6.07, 6.45) is -3.61. The molecule has 172 valence electrons. The summed E-state index contributed by atoms with van der Waals surface area (Å²) >= 11 is 0. The number of carbonyl (C=O) groups is 2. The fourth-order valence-corrected chi connectivity index (χ4v) is 3.59. The number of rotatable bonds is 7. The van der Waals surface area contributed by atoms with Gasteiger partial charge in [0, 0.05) is 30.9 Å². The van der Waals surface area contributed by atoms with Gasteiger partial charge >= 0.3 is 6.18 Å². The normalized spacial score (nSPS) is 16.0. The minimum Gasteiger partial charge on any atom is -0.370 e. The summed E-state index contributed by atoms with van der Waals surface area (Å²) in [5.41, 5.74) is 0.340. The molecule has 1 atom stereocenters. The molecule has 1 fully saturated rings. The second kappa shape index (κ2) is 10.0. The van der Waals surface area contributed by atoms with Gasteiger partial charge in [-0.15, -0.1) is 0 Å². The van der Waals surface area contributed by atoms with Crippen LogP contribution in [0.5, 0.6) is 0 Å². The third-order valence-corrected chi connectivity index (χ3v) is 5.29. The molecule has 2 amide bonds. The van der Waals surface area contributed by atoms with Gasteiger partial charge in [0.2, 0.25) is 0 Å². The van der Waals surface area contributed by atoms with Crippen molar-refractivity contribution in [2.45, 2.75) is 39.0 Å². The minimum atomic E-state index is -4.53. The van der Waals surface area contributed by atoms with E-state index < -0.39 is 23.8 Å². The highest BCUT2D eigenvalue weighted by molar-refractivity contribution is 6.07. The number of ether oxygens (including phenoxy) is 1. The third kappa shape index (κ3) is 5.59. The van der Waals surface area contributed by atoms with E-state index in [1.165, 1.54) is 18.2 Å². The molecule has 1 heterocycles. The predicted molar refractivity (Wildman–Crippen MR) is 117 cm³/mol. The third-order valence-electron chi connectivity index (χ3n) is 5.29. The van der Waals surface area contributed by atoms with Gasteiger partial charge in [0.05, 0.1) is 16.9 Å². The van der Waals surface area contributed by atoms with Crippen molar-refractivity contribution in [3.63, 3.8) is 0 Å². The van der Waals surface area contributed by atoms with Crippen LogP contribution in [0.15, 0.2) is 42.5 Å². The Kier molecular flexibility index (Phi) is 7.40. The number of nitrogens with zero attached hydrogens (tertiary/aromatic N) is 1. The van der Waals surface area contributed by atoms with Gasteiger partial charge in [-0.2, -0.15) is 13.2 Å². The maximum atomic E-state index is 13.3. The molecular weight excluding hydrogens is 423 g/mol. The van der Waals surface area contributed by atoms with Gasteiger partial charge in [-0.1, -0.05) is 6.07 Å². The van der Waals surface area contributed by atoms with Crippen LogP contribution >= 0.6 is 0 Å². The van der Waals surface area contributed by atoms with Gasteiger partial charge in [0.25, 0.3) is 11.8 Å². The molecule has 0 spiro atoms. The summed E-state index contributed by atoms with van der Waals surface area (Å²) in [6, 6.07) is 9.55. The highest BCUT2D eigenvalue weighted by Crippen LogP contribution is 2.35. The molecule has 0 aromatic heterocycles. The van der Waals surface area contributed by atoms with Crippen LogP contribution < -0.4 is 15.5 Å². The maximum Gasteiger partial charge on any atom is 0.416 e. The van der Waals surface area contributed by atoms with Crippen LogP contribution in [-0.4, -0.2) is 37.6 Å². The van der Waals surface area contributed by atoms with E-state index >= 15 is 0 Å². The van der Waals surface area contributed by atoms with Crippen LogP contribution in [0.4, 0.5) is 30.2 Å². The lowest BCUT2D eigenvalue weighted by Crippen LogP contribution is -2.27. The molecule has 1 saturated heterocycles. The van der Waals surface area contributed by atoms with E-state index in [0.29, 0.717) is 37.5 Å². The highest BCUT2D eigenvalue weighted by atomic mass is 19.4. The Hall–Kier alpha value is -3.07. The summed E-state index contributed by atoms with van der Waals surface area (Å²) < 4.78 is 45.1. The van der Waals surface area contributed by atoms with E-state index in [2.05, 4.69) is 10.6 Å². The molecule has 3 rings (SSSR count). The first-order valence-corrected chi connectivity index (χ1v) is 10.5. The molecule has 32 heavy (non-hydrogen) atoms. The maximum absolute atomic E-state index is 13.3. The number of anilines is 3. The number of carbonyl (C=O) groups excluding carboxylic acids is 2. The van der Waals surface area contributed by atoms with Crippen molar-refractivity contribution in [1.29, 1.82) is 0 Å². The largest absolute Gasteiger partial charge is 0.416 e. The quantitative estimate of drug-likeness (QED) is 0.630. The zero-order chi connectivity index (χ0) is 23.3.